The number of nitrogens with one attached hydrogen (secondary N) is 1. The van der Waals surface area contributed by atoms with Crippen molar-refractivity contribution in [3.63, 3.8) is 0 Å². The third kappa shape index (κ3) is 9.36. The van der Waals surface area contributed by atoms with Gasteiger partial charge in [-0.1, -0.05) is 14.9 Å². The second kappa shape index (κ2) is 11.5. The molecule has 0 aromatic rings. The average Bonchev–Trinajstić information content (AvgIpc) is 2.37. The van der Waals surface area contributed by atoms with E-state index < -0.39 is 0 Å². The first-order chi connectivity index (χ1) is 10.1. The highest BCUT2D eigenvalue weighted by molar-refractivity contribution is 4.82. The topological polar surface area (TPSA) is 21.8 Å². The number of hydrogen-bond donors (Lipinski definition) is 1. The van der Waals surface area contributed by atoms with E-state index in [0.717, 1.165) is 0 Å². The molecule has 0 amide bonds. The zero-order valence-electron chi connectivity index (χ0n) is 16.3. The van der Waals surface area contributed by atoms with Crippen molar-refractivity contribution in [2.24, 2.45) is 0 Å². The summed E-state index contributed by atoms with van der Waals surface area (Å²) in [5.74, 6) is 0. The molecule has 1 N–H and O–H groups in total. The van der Waals surface area contributed by atoms with Crippen molar-refractivity contribution in [1.29, 1.82) is 0 Å². The summed E-state index contributed by atoms with van der Waals surface area (Å²) >= 11 is 0. The van der Waals surface area contributed by atoms with Gasteiger partial charge in [0, 0.05) is 62.9 Å². The number of likely N-dealkylation sites (N-methyl/N-ethyl adjacent to an activating group) is 1. The van der Waals surface area contributed by atoms with Gasteiger partial charge in [-0.05, 0) is 55.5 Å². The zero-order chi connectivity index (χ0) is 16.9. The molecule has 0 radical (unpaired) electrons. The number of hydrogen-bond acceptors (Lipinski definition) is 4. The van der Waals surface area contributed by atoms with Crippen molar-refractivity contribution >= 4 is 0 Å². The molecule has 2 aliphatic rings. The largest absolute Gasteiger partial charge is 0.309 e. The number of rotatable bonds is 1. The third-order valence-corrected chi connectivity index (χ3v) is 4.77. The van der Waals surface area contributed by atoms with Crippen molar-refractivity contribution in [3.05, 3.63) is 0 Å². The summed E-state index contributed by atoms with van der Waals surface area (Å²) in [7, 11) is 2.19. The smallest absolute Gasteiger partial charge is 0.0169 e. The highest BCUT2D eigenvalue weighted by Crippen LogP contribution is 2.14. The SMILES string of the molecule is C.C.CC1CN(C(C)C)CC(C)N1.CN1CCN(C(C)(C)C)CC1. The Labute approximate surface area is 154 Å². The van der Waals surface area contributed by atoms with Crippen LogP contribution >= 0.6 is 0 Å². The Hall–Kier alpha value is -0.160. The molecule has 2 rings (SSSR count). The summed E-state index contributed by atoms with van der Waals surface area (Å²) in [5.41, 5.74) is 0.362. The van der Waals surface area contributed by atoms with E-state index >= 15 is 0 Å². The lowest BCUT2D eigenvalue weighted by atomic mass is 10.1. The average molecular weight is 345 g/mol. The van der Waals surface area contributed by atoms with E-state index in [9.17, 15) is 0 Å². The molecule has 4 heteroatoms. The molecular weight excluding hydrogens is 296 g/mol. The zero-order valence-corrected chi connectivity index (χ0v) is 16.3. The van der Waals surface area contributed by atoms with Gasteiger partial charge in [0.1, 0.15) is 0 Å². The molecule has 2 heterocycles. The van der Waals surface area contributed by atoms with E-state index in [1.54, 1.807) is 0 Å². The van der Waals surface area contributed by atoms with Crippen molar-refractivity contribution in [2.45, 2.75) is 87.0 Å². The van der Waals surface area contributed by atoms with Gasteiger partial charge in [-0.15, -0.1) is 0 Å². The minimum absolute atomic E-state index is 0. The van der Waals surface area contributed by atoms with Crippen LogP contribution in [0, 0.1) is 0 Å². The third-order valence-electron chi connectivity index (χ3n) is 4.77. The summed E-state index contributed by atoms with van der Waals surface area (Å²) in [6.07, 6.45) is 0. The van der Waals surface area contributed by atoms with Crippen LogP contribution in [0.25, 0.3) is 0 Å². The second-order valence-electron chi connectivity index (χ2n) is 8.48. The van der Waals surface area contributed by atoms with Crippen LogP contribution in [0.4, 0.5) is 0 Å². The maximum Gasteiger partial charge on any atom is 0.0169 e. The normalized spacial score (nSPS) is 26.9. The van der Waals surface area contributed by atoms with E-state index in [4.69, 9.17) is 0 Å². The van der Waals surface area contributed by atoms with Crippen LogP contribution in [0.1, 0.15) is 63.3 Å². The molecule has 0 aromatic heterocycles. The first-order valence-corrected chi connectivity index (χ1v) is 9.03. The Morgan fingerprint density at radius 3 is 1.62 bits per heavy atom. The van der Waals surface area contributed by atoms with E-state index in [-0.39, 0.29) is 14.9 Å². The van der Waals surface area contributed by atoms with E-state index in [2.05, 4.69) is 75.5 Å². The maximum absolute atomic E-state index is 3.52. The summed E-state index contributed by atoms with van der Waals surface area (Å²) < 4.78 is 0. The Morgan fingerprint density at radius 1 is 0.875 bits per heavy atom. The van der Waals surface area contributed by atoms with Gasteiger partial charge in [-0.25, -0.2) is 0 Å². The first kappa shape index (κ1) is 26.1. The Balaban J connectivity index is 0. The quantitative estimate of drug-likeness (QED) is 0.787. The fourth-order valence-corrected chi connectivity index (χ4v) is 3.27. The fraction of sp³-hybridized carbons (Fsp3) is 1.00. The van der Waals surface area contributed by atoms with Gasteiger partial charge in [-0.3, -0.25) is 9.80 Å². The monoisotopic (exact) mass is 344 g/mol. The number of piperazine rings is 2. The van der Waals surface area contributed by atoms with Gasteiger partial charge in [-0.2, -0.15) is 0 Å². The van der Waals surface area contributed by atoms with Gasteiger partial charge in [0.2, 0.25) is 0 Å². The fourth-order valence-electron chi connectivity index (χ4n) is 3.27. The molecule has 24 heavy (non-hydrogen) atoms. The second-order valence-corrected chi connectivity index (χ2v) is 8.48. The van der Waals surface area contributed by atoms with Crippen molar-refractivity contribution in [1.82, 2.24) is 20.0 Å². The van der Waals surface area contributed by atoms with Crippen LogP contribution in [0.15, 0.2) is 0 Å². The van der Waals surface area contributed by atoms with Gasteiger partial charge in [0.15, 0.2) is 0 Å². The first-order valence-electron chi connectivity index (χ1n) is 9.03. The molecule has 0 aromatic carbocycles. The van der Waals surface area contributed by atoms with Gasteiger partial charge in [0.05, 0.1) is 0 Å². The van der Waals surface area contributed by atoms with Crippen LogP contribution in [0.2, 0.25) is 0 Å². The molecule has 2 fully saturated rings. The lowest BCUT2D eigenvalue weighted by Gasteiger charge is -2.41. The van der Waals surface area contributed by atoms with Gasteiger partial charge >= 0.3 is 0 Å². The Bertz CT molecular complexity index is 293. The lowest BCUT2D eigenvalue weighted by molar-refractivity contribution is 0.0735. The van der Waals surface area contributed by atoms with Crippen LogP contribution in [0.5, 0.6) is 0 Å². The predicted octanol–water partition coefficient (Wildman–Crippen LogP) is 3.38. The summed E-state index contributed by atoms with van der Waals surface area (Å²) in [5, 5.41) is 3.52. The molecule has 0 aliphatic carbocycles. The van der Waals surface area contributed by atoms with E-state index in [1.807, 2.05) is 0 Å². The molecule has 2 aliphatic heterocycles. The molecule has 0 bridgehead atoms. The van der Waals surface area contributed by atoms with Crippen molar-refractivity contribution < 1.29 is 0 Å². The van der Waals surface area contributed by atoms with Crippen LogP contribution in [-0.4, -0.2) is 84.7 Å². The molecule has 2 saturated heterocycles. The van der Waals surface area contributed by atoms with Crippen molar-refractivity contribution in [2.75, 3.05) is 46.3 Å². The molecule has 2 atom stereocenters. The molecule has 4 nitrogen and oxygen atoms in total. The highest BCUT2D eigenvalue weighted by atomic mass is 15.3. The minimum atomic E-state index is 0. The predicted molar refractivity (Wildman–Crippen MR) is 111 cm³/mol. The summed E-state index contributed by atoms with van der Waals surface area (Å²) in [4.78, 5) is 7.47. The molecule has 0 spiro atoms. The molecular formula is C20H48N4. The molecule has 0 saturated carbocycles. The molecule has 148 valence electrons. The Morgan fingerprint density at radius 2 is 1.29 bits per heavy atom. The summed E-state index contributed by atoms with van der Waals surface area (Å²) in [6, 6.07) is 2.00. The van der Waals surface area contributed by atoms with Gasteiger partial charge in [0.25, 0.3) is 0 Å². The standard InChI is InChI=1S/2C9H20N2.2CH4/c1-9(2,3)11-7-5-10(4)6-8-11;1-7(2)11-5-8(3)10-9(4)6-11;;/h5-8H2,1-4H3;7-10H,5-6H2,1-4H3;2*1H4. The number of nitrogens with zero attached hydrogens (tertiary/aromatic N) is 3. The van der Waals surface area contributed by atoms with E-state index in [0.29, 0.717) is 23.7 Å². The minimum Gasteiger partial charge on any atom is -0.309 e. The van der Waals surface area contributed by atoms with Crippen LogP contribution < -0.4 is 5.32 Å². The Kier molecular flexibility index (Phi) is 12.4. The summed E-state index contributed by atoms with van der Waals surface area (Å²) in [6.45, 7) is 23.2. The maximum atomic E-state index is 3.52. The highest BCUT2D eigenvalue weighted by Gasteiger charge is 2.24. The molecule has 2 unspecified atom stereocenters. The lowest BCUT2D eigenvalue weighted by Crippen LogP contribution is -2.55. The van der Waals surface area contributed by atoms with Crippen LogP contribution in [-0.2, 0) is 0 Å². The van der Waals surface area contributed by atoms with Crippen molar-refractivity contribution in [3.8, 4) is 0 Å². The van der Waals surface area contributed by atoms with Crippen LogP contribution in [0.3, 0.4) is 0 Å². The van der Waals surface area contributed by atoms with Gasteiger partial charge < -0.3 is 10.2 Å². The van der Waals surface area contributed by atoms with E-state index in [1.165, 1.54) is 39.3 Å².